The molecule has 112 valence electrons. The van der Waals surface area contributed by atoms with E-state index in [9.17, 15) is 17.2 Å². The van der Waals surface area contributed by atoms with Gasteiger partial charge in [0.25, 0.3) is 10.0 Å². The summed E-state index contributed by atoms with van der Waals surface area (Å²) in [6.07, 6.45) is 0. The van der Waals surface area contributed by atoms with Crippen LogP contribution in [0.15, 0.2) is 47.4 Å². The molecule has 1 N–H and O–H groups in total. The number of sulfonamides is 1. The molecule has 4 nitrogen and oxygen atoms in total. The molecule has 0 spiro atoms. The largest absolute Gasteiger partial charge is 0.494 e. The van der Waals surface area contributed by atoms with Gasteiger partial charge in [0.15, 0.2) is 11.6 Å². The van der Waals surface area contributed by atoms with Gasteiger partial charge in [0.05, 0.1) is 17.2 Å². The van der Waals surface area contributed by atoms with Gasteiger partial charge in [0, 0.05) is 6.07 Å². The molecule has 7 heteroatoms. The number of ether oxygens (including phenoxy) is 1. The molecule has 2 aromatic carbocycles. The van der Waals surface area contributed by atoms with Crippen molar-refractivity contribution in [3.05, 3.63) is 54.1 Å². The quantitative estimate of drug-likeness (QED) is 0.922. The third kappa shape index (κ3) is 3.69. The van der Waals surface area contributed by atoms with Crippen LogP contribution in [0.3, 0.4) is 0 Å². The van der Waals surface area contributed by atoms with Crippen LogP contribution in [-0.4, -0.2) is 15.0 Å². The van der Waals surface area contributed by atoms with Gasteiger partial charge < -0.3 is 4.74 Å². The molecule has 0 unspecified atom stereocenters. The Kier molecular flexibility index (Phi) is 4.42. The van der Waals surface area contributed by atoms with Crippen LogP contribution >= 0.6 is 0 Å². The SMILES string of the molecule is CCOc1ccc(S(=O)(=O)Nc2ccc(F)c(F)c2)cc1. The van der Waals surface area contributed by atoms with Crippen LogP contribution in [0.1, 0.15) is 6.92 Å². The zero-order valence-electron chi connectivity index (χ0n) is 11.1. The molecule has 0 radical (unpaired) electrons. The molecule has 2 aromatic rings. The van der Waals surface area contributed by atoms with E-state index in [4.69, 9.17) is 4.74 Å². The Bertz CT molecular complexity index is 730. The Hall–Kier alpha value is -2.15. The molecule has 0 bridgehead atoms. The van der Waals surface area contributed by atoms with Crippen LogP contribution in [-0.2, 0) is 10.0 Å². The van der Waals surface area contributed by atoms with E-state index in [-0.39, 0.29) is 10.6 Å². The van der Waals surface area contributed by atoms with Crippen molar-refractivity contribution in [2.24, 2.45) is 0 Å². The van der Waals surface area contributed by atoms with E-state index in [1.54, 1.807) is 0 Å². The Morgan fingerprint density at radius 3 is 2.29 bits per heavy atom. The fourth-order valence-electron chi connectivity index (χ4n) is 1.66. The van der Waals surface area contributed by atoms with Gasteiger partial charge in [-0.25, -0.2) is 17.2 Å². The lowest BCUT2D eigenvalue weighted by atomic mass is 10.3. The smallest absolute Gasteiger partial charge is 0.261 e. The van der Waals surface area contributed by atoms with Gasteiger partial charge in [-0.05, 0) is 43.3 Å². The number of benzene rings is 2. The molecule has 0 atom stereocenters. The van der Waals surface area contributed by atoms with Gasteiger partial charge >= 0.3 is 0 Å². The van der Waals surface area contributed by atoms with Crippen molar-refractivity contribution >= 4 is 15.7 Å². The molecule has 0 heterocycles. The number of rotatable bonds is 5. The normalized spacial score (nSPS) is 11.2. The molecular formula is C14H13F2NO3S. The third-order valence-electron chi connectivity index (χ3n) is 2.62. The maximum Gasteiger partial charge on any atom is 0.261 e. The van der Waals surface area contributed by atoms with Crippen molar-refractivity contribution in [3.8, 4) is 5.75 Å². The summed E-state index contributed by atoms with van der Waals surface area (Å²) in [4.78, 5) is -0.00399. The summed E-state index contributed by atoms with van der Waals surface area (Å²) in [7, 11) is -3.87. The van der Waals surface area contributed by atoms with Gasteiger partial charge in [0.1, 0.15) is 5.75 Å². The Labute approximate surface area is 121 Å². The fourth-order valence-corrected chi connectivity index (χ4v) is 2.70. The lowest BCUT2D eigenvalue weighted by Gasteiger charge is -2.09. The lowest BCUT2D eigenvalue weighted by Crippen LogP contribution is -2.13. The van der Waals surface area contributed by atoms with E-state index in [2.05, 4.69) is 4.72 Å². The van der Waals surface area contributed by atoms with E-state index in [1.165, 1.54) is 24.3 Å². The van der Waals surface area contributed by atoms with Crippen molar-refractivity contribution in [3.63, 3.8) is 0 Å². The van der Waals surface area contributed by atoms with Gasteiger partial charge in [-0.15, -0.1) is 0 Å². The first-order valence-electron chi connectivity index (χ1n) is 6.13. The Morgan fingerprint density at radius 2 is 1.71 bits per heavy atom. The summed E-state index contributed by atoms with van der Waals surface area (Å²) < 4.78 is 57.5. The monoisotopic (exact) mass is 313 g/mol. The summed E-state index contributed by atoms with van der Waals surface area (Å²) in [6, 6.07) is 8.55. The molecular weight excluding hydrogens is 300 g/mol. The number of halogens is 2. The predicted molar refractivity (Wildman–Crippen MR) is 74.8 cm³/mol. The van der Waals surface area contributed by atoms with Crippen molar-refractivity contribution in [2.75, 3.05) is 11.3 Å². The summed E-state index contributed by atoms with van der Waals surface area (Å²) in [5.74, 6) is -1.62. The number of anilines is 1. The van der Waals surface area contributed by atoms with E-state index in [1.807, 2.05) is 6.92 Å². The first-order chi connectivity index (χ1) is 9.92. The molecule has 21 heavy (non-hydrogen) atoms. The van der Waals surface area contributed by atoms with Gasteiger partial charge in [0.2, 0.25) is 0 Å². The minimum Gasteiger partial charge on any atom is -0.494 e. The van der Waals surface area contributed by atoms with E-state index >= 15 is 0 Å². The van der Waals surface area contributed by atoms with Crippen molar-refractivity contribution in [1.82, 2.24) is 0 Å². The van der Waals surface area contributed by atoms with Gasteiger partial charge in [-0.3, -0.25) is 4.72 Å². The third-order valence-corrected chi connectivity index (χ3v) is 4.01. The predicted octanol–water partition coefficient (Wildman–Crippen LogP) is 3.16. The topological polar surface area (TPSA) is 55.4 Å². The minimum atomic E-state index is -3.87. The first kappa shape index (κ1) is 15.2. The summed E-state index contributed by atoms with van der Waals surface area (Å²) >= 11 is 0. The van der Waals surface area contributed by atoms with Crippen LogP contribution in [0.5, 0.6) is 5.75 Å². The summed E-state index contributed by atoms with van der Waals surface area (Å²) in [5, 5.41) is 0. The van der Waals surface area contributed by atoms with E-state index < -0.39 is 21.7 Å². The van der Waals surface area contributed by atoms with E-state index in [0.717, 1.165) is 18.2 Å². The lowest BCUT2D eigenvalue weighted by molar-refractivity contribution is 0.340. The number of nitrogens with one attached hydrogen (secondary N) is 1. The highest BCUT2D eigenvalue weighted by Crippen LogP contribution is 2.20. The second-order valence-electron chi connectivity index (χ2n) is 4.14. The zero-order valence-corrected chi connectivity index (χ0v) is 12.0. The van der Waals surface area contributed by atoms with Crippen molar-refractivity contribution in [1.29, 1.82) is 0 Å². The minimum absolute atomic E-state index is 0.00399. The average Bonchev–Trinajstić information content (AvgIpc) is 2.44. The molecule has 0 saturated carbocycles. The molecule has 0 aliphatic rings. The second kappa shape index (κ2) is 6.09. The van der Waals surface area contributed by atoms with Crippen LogP contribution in [0.2, 0.25) is 0 Å². The highest BCUT2D eigenvalue weighted by Gasteiger charge is 2.15. The second-order valence-corrected chi connectivity index (χ2v) is 5.82. The molecule has 2 rings (SSSR count). The summed E-state index contributed by atoms with van der Waals surface area (Å²) in [5.41, 5.74) is -0.0530. The fraction of sp³-hybridized carbons (Fsp3) is 0.143. The standard InChI is InChI=1S/C14H13F2NO3S/c1-2-20-11-4-6-12(7-5-11)21(18,19)17-10-3-8-13(15)14(16)9-10/h3-9,17H,2H2,1H3. The average molecular weight is 313 g/mol. The highest BCUT2D eigenvalue weighted by atomic mass is 32.2. The zero-order chi connectivity index (χ0) is 15.5. The molecule has 0 aliphatic carbocycles. The Morgan fingerprint density at radius 1 is 1.05 bits per heavy atom. The number of hydrogen-bond donors (Lipinski definition) is 1. The van der Waals surface area contributed by atoms with Crippen molar-refractivity contribution in [2.45, 2.75) is 11.8 Å². The van der Waals surface area contributed by atoms with E-state index in [0.29, 0.717) is 12.4 Å². The summed E-state index contributed by atoms with van der Waals surface area (Å²) in [6.45, 7) is 2.29. The molecule has 0 saturated heterocycles. The highest BCUT2D eigenvalue weighted by molar-refractivity contribution is 7.92. The van der Waals surface area contributed by atoms with Gasteiger partial charge in [-0.2, -0.15) is 0 Å². The van der Waals surface area contributed by atoms with Crippen molar-refractivity contribution < 1.29 is 21.9 Å². The molecule has 0 aromatic heterocycles. The van der Waals surface area contributed by atoms with Crippen LogP contribution in [0.25, 0.3) is 0 Å². The molecule has 0 fully saturated rings. The van der Waals surface area contributed by atoms with Crippen LogP contribution in [0.4, 0.5) is 14.5 Å². The Balaban J connectivity index is 2.23. The van der Waals surface area contributed by atoms with Crippen LogP contribution in [0, 0.1) is 11.6 Å². The van der Waals surface area contributed by atoms with Gasteiger partial charge in [-0.1, -0.05) is 0 Å². The molecule has 0 amide bonds. The van der Waals surface area contributed by atoms with Crippen LogP contribution < -0.4 is 9.46 Å². The number of hydrogen-bond acceptors (Lipinski definition) is 3. The maximum absolute atomic E-state index is 13.1. The maximum atomic E-state index is 13.1. The first-order valence-corrected chi connectivity index (χ1v) is 7.61. The molecule has 0 aliphatic heterocycles.